The number of amides is 1. The zero-order chi connectivity index (χ0) is 12.4. The summed E-state index contributed by atoms with van der Waals surface area (Å²) in [6.07, 6.45) is 5.10. The van der Waals surface area contributed by atoms with E-state index >= 15 is 0 Å². The van der Waals surface area contributed by atoms with Crippen LogP contribution < -0.4 is 11.1 Å². The molecule has 1 atom stereocenters. The van der Waals surface area contributed by atoms with Gasteiger partial charge in [-0.2, -0.15) is 0 Å². The number of ether oxygens (including phenoxy) is 1. The summed E-state index contributed by atoms with van der Waals surface area (Å²) < 4.78 is 4.73. The van der Waals surface area contributed by atoms with E-state index in [4.69, 9.17) is 10.5 Å². The lowest BCUT2D eigenvalue weighted by Crippen LogP contribution is -2.31. The highest BCUT2D eigenvalue weighted by atomic mass is 16.5. The molecular formula is C11H20N2O3. The number of carbonyl (C=O) groups is 2. The summed E-state index contributed by atoms with van der Waals surface area (Å²) in [6.45, 7) is 3.85. The maximum atomic E-state index is 11.2. The fraction of sp³-hybridized carbons (Fsp3) is 0.636. The minimum Gasteiger partial charge on any atom is -0.434 e. The third kappa shape index (κ3) is 7.99. The minimum absolute atomic E-state index is 0.0446. The standard InChI is InChI=1S/C11H20N2O3/c1-3-8-16-11(15)10(12)6-4-5-7-13-9(2)14/h3,8,10H,4-7,12H2,1-2H3,(H,13,14)/b8-3+/t10-/m0/s1. The van der Waals surface area contributed by atoms with Gasteiger partial charge in [-0.25, -0.2) is 4.79 Å². The molecule has 16 heavy (non-hydrogen) atoms. The van der Waals surface area contributed by atoms with Gasteiger partial charge in [-0.05, 0) is 26.2 Å². The van der Waals surface area contributed by atoms with Crippen LogP contribution in [0.5, 0.6) is 0 Å². The number of hydrogen-bond acceptors (Lipinski definition) is 4. The molecule has 0 aromatic heterocycles. The molecule has 0 rings (SSSR count). The average Bonchev–Trinajstić information content (AvgIpc) is 2.24. The maximum Gasteiger partial charge on any atom is 0.327 e. The Kier molecular flexibility index (Phi) is 8.15. The second kappa shape index (κ2) is 8.91. The number of nitrogens with one attached hydrogen (secondary N) is 1. The summed E-state index contributed by atoms with van der Waals surface area (Å²) in [5.41, 5.74) is 5.60. The normalized spacial score (nSPS) is 12.4. The van der Waals surface area contributed by atoms with Crippen molar-refractivity contribution >= 4 is 11.9 Å². The van der Waals surface area contributed by atoms with Gasteiger partial charge in [0.05, 0.1) is 6.26 Å². The Balaban J connectivity index is 3.53. The van der Waals surface area contributed by atoms with Crippen molar-refractivity contribution in [2.45, 2.75) is 39.2 Å². The molecule has 0 aliphatic heterocycles. The largest absolute Gasteiger partial charge is 0.434 e. The molecule has 0 aliphatic rings. The van der Waals surface area contributed by atoms with E-state index < -0.39 is 12.0 Å². The summed E-state index contributed by atoms with van der Waals surface area (Å²) in [7, 11) is 0. The number of carbonyl (C=O) groups excluding carboxylic acids is 2. The van der Waals surface area contributed by atoms with E-state index in [9.17, 15) is 9.59 Å². The van der Waals surface area contributed by atoms with E-state index in [0.717, 1.165) is 12.8 Å². The fourth-order valence-corrected chi connectivity index (χ4v) is 1.09. The first-order chi connectivity index (χ1) is 7.57. The Bertz CT molecular complexity index is 252. The highest BCUT2D eigenvalue weighted by molar-refractivity contribution is 5.75. The van der Waals surface area contributed by atoms with E-state index in [1.807, 2.05) is 0 Å². The number of nitrogens with two attached hydrogens (primary N) is 1. The zero-order valence-corrected chi connectivity index (χ0v) is 9.86. The van der Waals surface area contributed by atoms with Crippen molar-refractivity contribution < 1.29 is 14.3 Å². The first-order valence-corrected chi connectivity index (χ1v) is 5.39. The topological polar surface area (TPSA) is 81.4 Å². The molecule has 0 aromatic rings. The smallest absolute Gasteiger partial charge is 0.327 e. The Morgan fingerprint density at radius 2 is 2.12 bits per heavy atom. The number of hydrogen-bond donors (Lipinski definition) is 2. The first kappa shape index (κ1) is 14.6. The van der Waals surface area contributed by atoms with Crippen molar-refractivity contribution in [2.75, 3.05) is 6.54 Å². The van der Waals surface area contributed by atoms with Gasteiger partial charge >= 0.3 is 5.97 Å². The molecule has 92 valence electrons. The highest BCUT2D eigenvalue weighted by Gasteiger charge is 2.13. The van der Waals surface area contributed by atoms with Gasteiger partial charge in [0.1, 0.15) is 6.04 Å². The van der Waals surface area contributed by atoms with Crippen LogP contribution in [-0.2, 0) is 14.3 Å². The van der Waals surface area contributed by atoms with E-state index in [0.29, 0.717) is 13.0 Å². The molecule has 0 aliphatic carbocycles. The summed E-state index contributed by atoms with van der Waals surface area (Å²) in [5.74, 6) is -0.464. The first-order valence-electron chi connectivity index (χ1n) is 5.39. The van der Waals surface area contributed by atoms with Crippen molar-refractivity contribution in [1.82, 2.24) is 5.32 Å². The fourth-order valence-electron chi connectivity index (χ4n) is 1.09. The van der Waals surface area contributed by atoms with Gasteiger partial charge < -0.3 is 15.8 Å². The lowest BCUT2D eigenvalue weighted by molar-refractivity contribution is -0.139. The molecule has 0 spiro atoms. The quantitative estimate of drug-likeness (QED) is 0.382. The highest BCUT2D eigenvalue weighted by Crippen LogP contribution is 2.00. The molecule has 5 heteroatoms. The lowest BCUT2D eigenvalue weighted by Gasteiger charge is -2.08. The molecule has 0 fully saturated rings. The minimum atomic E-state index is -0.589. The van der Waals surface area contributed by atoms with Crippen LogP contribution in [0.3, 0.4) is 0 Å². The van der Waals surface area contributed by atoms with Gasteiger partial charge in [0.15, 0.2) is 0 Å². The number of allylic oxidation sites excluding steroid dienone is 1. The van der Waals surface area contributed by atoms with Crippen LogP contribution in [0, 0.1) is 0 Å². The van der Waals surface area contributed by atoms with Crippen LogP contribution in [0.4, 0.5) is 0 Å². The van der Waals surface area contributed by atoms with E-state index in [-0.39, 0.29) is 5.91 Å². The predicted octanol–water partition coefficient (Wildman–Crippen LogP) is 0.697. The van der Waals surface area contributed by atoms with Crippen molar-refractivity contribution in [1.29, 1.82) is 0 Å². The van der Waals surface area contributed by atoms with Gasteiger partial charge in [-0.1, -0.05) is 6.08 Å². The molecule has 1 amide bonds. The molecule has 3 N–H and O–H groups in total. The van der Waals surface area contributed by atoms with Crippen LogP contribution in [0.25, 0.3) is 0 Å². The predicted molar refractivity (Wildman–Crippen MR) is 61.4 cm³/mol. The third-order valence-corrected chi connectivity index (χ3v) is 1.94. The van der Waals surface area contributed by atoms with Crippen LogP contribution in [0.2, 0.25) is 0 Å². The van der Waals surface area contributed by atoms with Crippen molar-refractivity contribution in [3.05, 3.63) is 12.3 Å². The Morgan fingerprint density at radius 1 is 1.44 bits per heavy atom. The second-order valence-corrected chi connectivity index (χ2v) is 3.49. The zero-order valence-electron chi connectivity index (χ0n) is 9.86. The second-order valence-electron chi connectivity index (χ2n) is 3.49. The molecule has 0 bridgehead atoms. The van der Waals surface area contributed by atoms with E-state index in [1.54, 1.807) is 13.0 Å². The van der Waals surface area contributed by atoms with Gasteiger partial charge in [-0.3, -0.25) is 4.79 Å². The van der Waals surface area contributed by atoms with Crippen LogP contribution in [0.15, 0.2) is 12.3 Å². The van der Waals surface area contributed by atoms with Gasteiger partial charge in [0.25, 0.3) is 0 Å². The van der Waals surface area contributed by atoms with Crippen molar-refractivity contribution in [3.63, 3.8) is 0 Å². The molecule has 5 nitrogen and oxygen atoms in total. The van der Waals surface area contributed by atoms with Crippen molar-refractivity contribution in [2.24, 2.45) is 5.73 Å². The van der Waals surface area contributed by atoms with E-state index in [2.05, 4.69) is 5.32 Å². The van der Waals surface area contributed by atoms with Gasteiger partial charge in [0.2, 0.25) is 5.91 Å². The number of unbranched alkanes of at least 4 members (excludes halogenated alkanes) is 1. The molecule has 0 saturated carbocycles. The Labute approximate surface area is 96.0 Å². The maximum absolute atomic E-state index is 11.2. The summed E-state index contributed by atoms with van der Waals surface area (Å²) in [6, 6.07) is -0.589. The summed E-state index contributed by atoms with van der Waals surface area (Å²) >= 11 is 0. The molecule has 0 unspecified atom stereocenters. The molecule has 0 heterocycles. The van der Waals surface area contributed by atoms with Crippen molar-refractivity contribution in [3.8, 4) is 0 Å². The SMILES string of the molecule is C/C=C/OC(=O)[C@@H](N)CCCCNC(C)=O. The Morgan fingerprint density at radius 3 is 2.69 bits per heavy atom. The van der Waals surface area contributed by atoms with Crippen LogP contribution in [0.1, 0.15) is 33.1 Å². The monoisotopic (exact) mass is 228 g/mol. The Hall–Kier alpha value is -1.36. The van der Waals surface area contributed by atoms with Crippen LogP contribution >= 0.6 is 0 Å². The number of rotatable bonds is 7. The molecule has 0 saturated heterocycles. The summed E-state index contributed by atoms with van der Waals surface area (Å²) in [5, 5.41) is 2.68. The van der Waals surface area contributed by atoms with Gasteiger partial charge in [-0.15, -0.1) is 0 Å². The van der Waals surface area contributed by atoms with Gasteiger partial charge in [0, 0.05) is 13.5 Å². The average molecular weight is 228 g/mol. The van der Waals surface area contributed by atoms with E-state index in [1.165, 1.54) is 13.2 Å². The molecule has 0 aromatic carbocycles. The third-order valence-electron chi connectivity index (χ3n) is 1.94. The summed E-state index contributed by atoms with van der Waals surface area (Å²) in [4.78, 5) is 21.8. The molecule has 0 radical (unpaired) electrons. The van der Waals surface area contributed by atoms with Crippen LogP contribution in [-0.4, -0.2) is 24.5 Å². The molecular weight excluding hydrogens is 208 g/mol. The lowest BCUT2D eigenvalue weighted by atomic mass is 10.1. The number of esters is 1.